The van der Waals surface area contributed by atoms with Crippen LogP contribution >= 0.6 is 0 Å². The molecule has 2 aromatic heterocycles. The van der Waals surface area contributed by atoms with Crippen molar-refractivity contribution in [3.63, 3.8) is 0 Å². The lowest BCUT2D eigenvalue weighted by molar-refractivity contribution is -0.136. The van der Waals surface area contributed by atoms with E-state index in [9.17, 15) is 4.79 Å². The first-order valence-corrected chi connectivity index (χ1v) is 6.23. The minimum atomic E-state index is -0.955. The maximum Gasteiger partial charge on any atom is 0.311 e. The number of carbonyl (C=O) groups is 1. The van der Waals surface area contributed by atoms with Crippen molar-refractivity contribution in [1.29, 1.82) is 0 Å². The van der Waals surface area contributed by atoms with Gasteiger partial charge in [0.05, 0.1) is 12.8 Å². The molecule has 0 unspecified atom stereocenters. The zero-order valence-corrected chi connectivity index (χ0v) is 11.2. The Labute approximate surface area is 119 Å². The SMILES string of the molecule is COc1ccc(-c2cc3nnc(CC(=O)O)n3cn2)cc1. The van der Waals surface area contributed by atoms with E-state index in [1.807, 2.05) is 24.3 Å². The number of aliphatic carboxylic acids is 1. The third kappa shape index (κ3) is 2.53. The van der Waals surface area contributed by atoms with E-state index < -0.39 is 5.97 Å². The Kier molecular flexibility index (Phi) is 3.23. The van der Waals surface area contributed by atoms with Crippen LogP contribution in [0.25, 0.3) is 16.9 Å². The van der Waals surface area contributed by atoms with Crippen LogP contribution in [0, 0.1) is 0 Å². The van der Waals surface area contributed by atoms with Crippen LogP contribution in [0.5, 0.6) is 5.75 Å². The van der Waals surface area contributed by atoms with Gasteiger partial charge < -0.3 is 9.84 Å². The summed E-state index contributed by atoms with van der Waals surface area (Å²) in [5.41, 5.74) is 2.22. The second-order valence-electron chi connectivity index (χ2n) is 4.42. The van der Waals surface area contributed by atoms with Gasteiger partial charge in [-0.2, -0.15) is 0 Å². The molecule has 0 spiro atoms. The van der Waals surface area contributed by atoms with Crippen LogP contribution < -0.4 is 4.74 Å². The highest BCUT2D eigenvalue weighted by atomic mass is 16.5. The van der Waals surface area contributed by atoms with E-state index in [1.54, 1.807) is 17.6 Å². The van der Waals surface area contributed by atoms with Gasteiger partial charge in [-0.3, -0.25) is 9.20 Å². The van der Waals surface area contributed by atoms with Gasteiger partial charge >= 0.3 is 5.97 Å². The number of carboxylic acid groups (broad SMARTS) is 1. The molecular weight excluding hydrogens is 272 g/mol. The number of nitrogens with zero attached hydrogens (tertiary/aromatic N) is 4. The molecule has 0 aliphatic carbocycles. The van der Waals surface area contributed by atoms with E-state index in [2.05, 4.69) is 15.2 Å². The number of aromatic nitrogens is 4. The summed E-state index contributed by atoms with van der Waals surface area (Å²) in [4.78, 5) is 15.1. The number of rotatable bonds is 4. The van der Waals surface area contributed by atoms with E-state index in [0.717, 1.165) is 17.0 Å². The molecule has 0 fully saturated rings. The van der Waals surface area contributed by atoms with E-state index in [4.69, 9.17) is 9.84 Å². The molecular formula is C14H12N4O3. The Balaban J connectivity index is 1.99. The van der Waals surface area contributed by atoms with E-state index >= 15 is 0 Å². The molecule has 0 bridgehead atoms. The molecule has 7 nitrogen and oxygen atoms in total. The molecule has 106 valence electrons. The molecule has 0 aliphatic rings. The summed E-state index contributed by atoms with van der Waals surface area (Å²) in [6, 6.07) is 9.25. The van der Waals surface area contributed by atoms with Crippen molar-refractivity contribution in [2.45, 2.75) is 6.42 Å². The molecule has 0 saturated carbocycles. The number of ether oxygens (including phenoxy) is 1. The first-order valence-electron chi connectivity index (χ1n) is 6.23. The summed E-state index contributed by atoms with van der Waals surface area (Å²) in [5.74, 6) is 0.167. The van der Waals surface area contributed by atoms with Gasteiger partial charge in [-0.05, 0) is 24.3 Å². The highest BCUT2D eigenvalue weighted by molar-refractivity contribution is 5.69. The number of benzene rings is 1. The Hall–Kier alpha value is -2.96. The zero-order chi connectivity index (χ0) is 14.8. The normalized spacial score (nSPS) is 10.7. The van der Waals surface area contributed by atoms with E-state index in [0.29, 0.717) is 11.5 Å². The van der Waals surface area contributed by atoms with Gasteiger partial charge in [0, 0.05) is 11.6 Å². The number of hydrogen-bond acceptors (Lipinski definition) is 5. The van der Waals surface area contributed by atoms with Gasteiger partial charge in [-0.1, -0.05) is 0 Å². The molecule has 3 aromatic rings. The Bertz CT molecular complexity index is 796. The summed E-state index contributed by atoms with van der Waals surface area (Å²) >= 11 is 0. The van der Waals surface area contributed by atoms with Crippen LogP contribution in [0.2, 0.25) is 0 Å². The van der Waals surface area contributed by atoms with Crippen molar-refractivity contribution in [3.8, 4) is 17.0 Å². The van der Waals surface area contributed by atoms with E-state index in [1.165, 1.54) is 6.33 Å². The van der Waals surface area contributed by atoms with E-state index in [-0.39, 0.29) is 6.42 Å². The minimum Gasteiger partial charge on any atom is -0.497 e. The molecule has 0 atom stereocenters. The van der Waals surface area contributed by atoms with Gasteiger partial charge in [-0.15, -0.1) is 10.2 Å². The highest BCUT2D eigenvalue weighted by Gasteiger charge is 2.11. The number of fused-ring (bicyclic) bond motifs is 1. The lowest BCUT2D eigenvalue weighted by Gasteiger charge is -2.03. The fourth-order valence-electron chi connectivity index (χ4n) is 2.02. The van der Waals surface area contributed by atoms with Crippen LogP contribution in [0.3, 0.4) is 0 Å². The largest absolute Gasteiger partial charge is 0.497 e. The molecule has 2 heterocycles. The zero-order valence-electron chi connectivity index (χ0n) is 11.2. The predicted octanol–water partition coefficient (Wildman–Crippen LogP) is 1.43. The quantitative estimate of drug-likeness (QED) is 0.779. The Morgan fingerprint density at radius 1 is 1.29 bits per heavy atom. The van der Waals surface area contributed by atoms with Gasteiger partial charge in [-0.25, -0.2) is 4.98 Å². The number of methoxy groups -OCH3 is 1. The lowest BCUT2D eigenvalue weighted by Crippen LogP contribution is -2.05. The van der Waals surface area contributed by atoms with Crippen LogP contribution in [0.1, 0.15) is 5.82 Å². The van der Waals surface area contributed by atoms with Crippen molar-refractivity contribution in [2.24, 2.45) is 0 Å². The van der Waals surface area contributed by atoms with Crippen LogP contribution in [-0.4, -0.2) is 37.8 Å². The average molecular weight is 284 g/mol. The highest BCUT2D eigenvalue weighted by Crippen LogP contribution is 2.21. The molecule has 0 amide bonds. The molecule has 0 radical (unpaired) electrons. The average Bonchev–Trinajstić information content (AvgIpc) is 2.89. The monoisotopic (exact) mass is 284 g/mol. The van der Waals surface area contributed by atoms with Crippen LogP contribution in [-0.2, 0) is 11.2 Å². The molecule has 3 rings (SSSR count). The summed E-state index contributed by atoms with van der Waals surface area (Å²) in [6.45, 7) is 0. The fraction of sp³-hybridized carbons (Fsp3) is 0.143. The summed E-state index contributed by atoms with van der Waals surface area (Å²) in [7, 11) is 1.61. The van der Waals surface area contributed by atoms with Gasteiger partial charge in [0.2, 0.25) is 0 Å². The Morgan fingerprint density at radius 2 is 2.05 bits per heavy atom. The summed E-state index contributed by atoms with van der Waals surface area (Å²) < 4.78 is 6.68. The number of carboxylic acids is 1. The Morgan fingerprint density at radius 3 is 2.71 bits per heavy atom. The van der Waals surface area contributed by atoms with Crippen LogP contribution in [0.15, 0.2) is 36.7 Å². The molecule has 1 aromatic carbocycles. The molecule has 7 heteroatoms. The third-order valence-electron chi connectivity index (χ3n) is 3.07. The van der Waals surface area contributed by atoms with Crippen molar-refractivity contribution in [2.75, 3.05) is 7.11 Å². The van der Waals surface area contributed by atoms with Crippen molar-refractivity contribution < 1.29 is 14.6 Å². The van der Waals surface area contributed by atoms with Crippen LogP contribution in [0.4, 0.5) is 0 Å². The first-order chi connectivity index (χ1) is 10.2. The molecule has 0 aliphatic heterocycles. The summed E-state index contributed by atoms with van der Waals surface area (Å²) in [6.07, 6.45) is 1.35. The maximum absolute atomic E-state index is 10.7. The predicted molar refractivity (Wildman–Crippen MR) is 74.1 cm³/mol. The first kappa shape index (κ1) is 13.0. The topological polar surface area (TPSA) is 89.6 Å². The van der Waals surface area contributed by atoms with Gasteiger partial charge in [0.25, 0.3) is 0 Å². The van der Waals surface area contributed by atoms with Crippen molar-refractivity contribution >= 4 is 11.6 Å². The maximum atomic E-state index is 10.7. The van der Waals surface area contributed by atoms with Gasteiger partial charge in [0.1, 0.15) is 24.3 Å². The third-order valence-corrected chi connectivity index (χ3v) is 3.07. The smallest absolute Gasteiger partial charge is 0.311 e. The molecule has 0 saturated heterocycles. The van der Waals surface area contributed by atoms with Crippen molar-refractivity contribution in [3.05, 3.63) is 42.5 Å². The molecule has 21 heavy (non-hydrogen) atoms. The number of hydrogen-bond donors (Lipinski definition) is 1. The second kappa shape index (κ2) is 5.20. The lowest BCUT2D eigenvalue weighted by atomic mass is 10.1. The summed E-state index contributed by atoms with van der Waals surface area (Å²) in [5, 5.41) is 16.7. The molecule has 1 N–H and O–H groups in total. The van der Waals surface area contributed by atoms with Crippen molar-refractivity contribution in [1.82, 2.24) is 19.6 Å². The van der Waals surface area contributed by atoms with Gasteiger partial charge in [0.15, 0.2) is 5.65 Å². The second-order valence-corrected chi connectivity index (χ2v) is 4.42. The standard InChI is InChI=1S/C14H12N4O3/c1-21-10-4-2-9(3-5-10)11-6-12-16-17-13(7-14(19)20)18(12)8-15-11/h2-6,8H,7H2,1H3,(H,19,20). The fourth-order valence-corrected chi connectivity index (χ4v) is 2.02. The minimum absolute atomic E-state index is 0.190.